The van der Waals surface area contributed by atoms with E-state index in [2.05, 4.69) is 4.98 Å². The summed E-state index contributed by atoms with van der Waals surface area (Å²) in [7, 11) is 45.4. The lowest BCUT2D eigenvalue weighted by atomic mass is 9.56. The molecule has 3 aliphatic rings. The van der Waals surface area contributed by atoms with Gasteiger partial charge >= 0.3 is 0 Å². The summed E-state index contributed by atoms with van der Waals surface area (Å²) in [5.41, 5.74) is 0.389. The van der Waals surface area contributed by atoms with E-state index in [0.29, 0.717) is 16.8 Å². The maximum absolute atomic E-state index is 12.6. The lowest BCUT2D eigenvalue weighted by Crippen LogP contribution is -2.43. The van der Waals surface area contributed by atoms with Crippen molar-refractivity contribution in [2.45, 2.75) is 36.5 Å². The number of fused-ring (bicyclic) bond motifs is 3. The molecule has 1 heterocycles. The van der Waals surface area contributed by atoms with Crippen LogP contribution >= 0.6 is 0 Å². The summed E-state index contributed by atoms with van der Waals surface area (Å²) in [6.45, 7) is 0. The zero-order chi connectivity index (χ0) is 38.8. The Kier molecular flexibility index (Phi) is 22.4. The number of hydrogen-bond donors (Lipinski definition) is 0. The highest BCUT2D eigenvalue weighted by Crippen LogP contribution is 2.66. The van der Waals surface area contributed by atoms with Gasteiger partial charge in [-0.1, -0.05) is 30.2 Å². The number of carbonyl (C=O) groups excluding carboxylic acids is 2. The summed E-state index contributed by atoms with van der Waals surface area (Å²) in [4.78, 5) is 29.6. The van der Waals surface area contributed by atoms with E-state index in [0.717, 1.165) is 5.56 Å². The maximum atomic E-state index is 12.6. The Bertz CT molecular complexity index is 3000. The fraction of sp³-hybridized carbons (Fsp3) is 0.316. The van der Waals surface area contributed by atoms with Crippen LogP contribution < -0.4 is 0 Å². The molecule has 50 heavy (non-hydrogen) atoms. The molecule has 2 aromatic rings. The first-order valence-electron chi connectivity index (χ1n) is 13.9. The minimum absolute atomic E-state index is 0.0348. The lowest BCUT2D eigenvalue weighted by Gasteiger charge is -2.45. The normalized spacial score (nSPS) is 19.2. The van der Waals surface area contributed by atoms with Gasteiger partial charge in [-0.15, -0.1) is 0 Å². The molecule has 3 aliphatic carbocycles. The molecule has 0 atom stereocenters. The molecule has 0 N–H and O–H groups in total. The summed E-state index contributed by atoms with van der Waals surface area (Å²) in [5.74, 6) is 0.0696. The number of rotatable bonds is 0. The summed E-state index contributed by atoms with van der Waals surface area (Å²) in [6, 6.07) is 2.69. The average molecular weight is 1190 g/mol. The number of aromatic nitrogens is 1. The third kappa shape index (κ3) is 14.6. The molecule has 5 rings (SSSR count). The van der Waals surface area contributed by atoms with Gasteiger partial charge in [-0.2, -0.15) is 0 Å². The summed E-state index contributed by atoms with van der Waals surface area (Å²) < 4.78 is 33.2. The van der Waals surface area contributed by atoms with Crippen LogP contribution in [0.2, 0.25) is 0 Å². The van der Waals surface area contributed by atoms with E-state index in [1.54, 1.807) is 137 Å². The molecule has 31 heteroatoms. The Morgan fingerprint density at radius 3 is 1.24 bits per heavy atom. The van der Waals surface area contributed by atoms with Gasteiger partial charge in [-0.25, -0.2) is 0 Å². The molecule has 0 bridgehead atoms. The van der Waals surface area contributed by atoms with Gasteiger partial charge in [0.05, 0.1) is 11.2 Å². The minimum Gasteiger partial charge on any atom is -0.300 e. The highest BCUT2D eigenvalue weighted by Gasteiger charge is 2.67. The van der Waals surface area contributed by atoms with Crippen LogP contribution in [-0.4, -0.2) is 16.6 Å². The topological polar surface area (TPSA) is 47.0 Å². The van der Waals surface area contributed by atoms with E-state index in [4.69, 9.17) is 27.9 Å². The predicted molar refractivity (Wildman–Crippen MR) is 288 cm³/mol. The Labute approximate surface area is 378 Å². The fourth-order valence-corrected chi connectivity index (χ4v) is 71.1. The third-order valence-corrected chi connectivity index (χ3v) is 61.9. The van der Waals surface area contributed by atoms with Crippen molar-refractivity contribution in [3.63, 3.8) is 0 Å². The molecule has 2 fully saturated rings. The molecular formula is C19H15NO2S28. The van der Waals surface area contributed by atoms with Crippen molar-refractivity contribution in [3.8, 4) is 11.3 Å². The van der Waals surface area contributed by atoms with Crippen molar-refractivity contribution >= 4 is 265 Å². The number of pyridine rings is 1. The van der Waals surface area contributed by atoms with Crippen LogP contribution in [0.3, 0.4) is 0 Å². The van der Waals surface area contributed by atoms with E-state index in [1.807, 2.05) is 94.9 Å². The Morgan fingerprint density at radius 2 is 0.860 bits per heavy atom. The van der Waals surface area contributed by atoms with Crippen molar-refractivity contribution in [2.75, 3.05) is 0 Å². The monoisotopic (exact) mass is 1190 g/mol. The number of Topliss-reactive ketones (excluding diaryl/α,β-unsaturated/α-hetero) is 2. The second kappa shape index (κ2) is 27.5. The fourth-order valence-electron chi connectivity index (χ4n) is 5.25. The Hall–Kier alpha value is 3.87. The van der Waals surface area contributed by atoms with Gasteiger partial charge in [0.25, 0.3) is 0 Å². The first kappa shape index (κ1) is 40.6. The van der Waals surface area contributed by atoms with Gasteiger partial charge in [0, 0.05) is 302 Å². The van der Waals surface area contributed by atoms with Crippen LogP contribution in [0, 0.1) is 0 Å². The number of benzene rings is 1. The maximum Gasteiger partial charge on any atom is 0.134 e. The van der Waals surface area contributed by atoms with E-state index in [1.165, 1.54) is 17.8 Å². The molecule has 1 aromatic carbocycles. The second-order valence-electron chi connectivity index (χ2n) is 8.37. The highest BCUT2D eigenvalue weighted by atomic mass is 33.5. The third-order valence-electron chi connectivity index (χ3n) is 6.33. The quantitative estimate of drug-likeness (QED) is 0.407. The van der Waals surface area contributed by atoms with Gasteiger partial charge in [-0.05, 0) is 17.2 Å². The zero-order valence-corrected chi connectivity index (χ0v) is 46.1. The molecule has 3 nitrogen and oxygen atoms in total. The Morgan fingerprint density at radius 1 is 0.520 bits per heavy atom. The first-order valence-corrected chi connectivity index (χ1v) is 47.9. The number of carbonyl (C=O) groups is 2. The first-order chi connectivity index (χ1) is 26.2. The molecule has 1 aromatic heterocycles. The van der Waals surface area contributed by atoms with Crippen LogP contribution in [-0.2, 0) is 274 Å². The lowest BCUT2D eigenvalue weighted by molar-refractivity contribution is -0.120. The summed E-state index contributed by atoms with van der Waals surface area (Å²) in [5, 5.41) is 0. The minimum atomic E-state index is -0.886. The highest BCUT2D eigenvalue weighted by molar-refractivity contribution is 8.79. The van der Waals surface area contributed by atoms with E-state index in [-0.39, 0.29) is 61.4 Å². The molecule has 0 spiro atoms. The SMILES string of the molecule is S=S=S=S=S=S=S=S=S=S=S=S=S=S=S=S=S=S=S=S=S=S=S=S=S=S=S=S.[2H]c1c([2H])c([2H])c2c(c1[2H])-c1ncccc1C13CC(=O)CC21CC(=O)C3. The van der Waals surface area contributed by atoms with Crippen LogP contribution in [0.4, 0.5) is 0 Å². The zero-order valence-electron chi connectivity index (χ0n) is 27.3. The molecule has 0 unspecified atom stereocenters. The molecule has 2 saturated carbocycles. The van der Waals surface area contributed by atoms with Gasteiger partial charge in [0.2, 0.25) is 0 Å². The van der Waals surface area contributed by atoms with Crippen molar-refractivity contribution in [1.82, 2.24) is 4.98 Å². The molecule has 276 valence electrons. The van der Waals surface area contributed by atoms with E-state index < -0.39 is 10.8 Å². The summed E-state index contributed by atoms with van der Waals surface area (Å²) in [6.07, 6.45) is 2.31. The van der Waals surface area contributed by atoms with Gasteiger partial charge in [0.15, 0.2) is 0 Å². The molecule has 0 amide bonds. The molecule has 0 aliphatic heterocycles. The van der Waals surface area contributed by atoms with Crippen LogP contribution in [0.1, 0.15) is 42.3 Å². The standard InChI is InChI=1S/C19H15NO2.S28/c21-12-8-18-9-13(22)11-19(18,10-12)16-6-3-7-20-17(16)14-4-1-2-5-15(14)18;1-3-5-7-9-11-13-15-17-19-21-23-25-27-28-26-24-22-20-18-16-14-12-10-8-6-4-2/h1-7H,8-11H2;/i1D,2D,4D,5D;. The molecular weight excluding hydrogens is 1170 g/mol. The summed E-state index contributed by atoms with van der Waals surface area (Å²) >= 11 is 9.56. The molecule has 0 radical (unpaired) electrons. The number of ketones is 2. The number of hydrogen-bond acceptors (Lipinski definition) is 5. The van der Waals surface area contributed by atoms with Crippen LogP contribution in [0.25, 0.3) is 11.3 Å². The van der Waals surface area contributed by atoms with E-state index in [9.17, 15) is 9.59 Å². The predicted octanol–water partition coefficient (Wildman–Crippen LogP) is 2.90. The van der Waals surface area contributed by atoms with Crippen molar-refractivity contribution in [1.29, 1.82) is 0 Å². The van der Waals surface area contributed by atoms with Crippen molar-refractivity contribution in [3.05, 3.63) is 53.6 Å². The van der Waals surface area contributed by atoms with E-state index >= 15 is 0 Å². The largest absolute Gasteiger partial charge is 0.300 e. The smallest absolute Gasteiger partial charge is 0.134 e. The average Bonchev–Trinajstić information content (AvgIpc) is 3.61. The van der Waals surface area contributed by atoms with Gasteiger partial charge in [-0.3, -0.25) is 14.6 Å². The van der Waals surface area contributed by atoms with Crippen molar-refractivity contribution < 1.29 is 15.1 Å². The number of nitrogens with zero attached hydrogens (tertiary/aromatic N) is 1. The van der Waals surface area contributed by atoms with Crippen molar-refractivity contribution in [2.24, 2.45) is 0 Å². The van der Waals surface area contributed by atoms with Crippen LogP contribution in [0.15, 0.2) is 42.5 Å². The second-order valence-corrected chi connectivity index (χ2v) is 54.4. The van der Waals surface area contributed by atoms with Crippen LogP contribution in [0.5, 0.6) is 0 Å². The van der Waals surface area contributed by atoms with Gasteiger partial charge < -0.3 is 0 Å². The Balaban J connectivity index is 0.000000241. The molecule has 0 saturated heterocycles. The van der Waals surface area contributed by atoms with Gasteiger partial charge in [0.1, 0.15) is 11.6 Å².